The van der Waals surface area contributed by atoms with Crippen molar-refractivity contribution in [2.24, 2.45) is 0 Å². The van der Waals surface area contributed by atoms with Gasteiger partial charge < -0.3 is 14.2 Å². The molecule has 1 saturated heterocycles. The molecule has 2 heterocycles. The summed E-state index contributed by atoms with van der Waals surface area (Å²) in [6, 6.07) is 9.97. The maximum atomic E-state index is 6.21. The minimum absolute atomic E-state index is 0.0758. The van der Waals surface area contributed by atoms with Crippen molar-refractivity contribution in [3.63, 3.8) is 0 Å². The van der Waals surface area contributed by atoms with Crippen LogP contribution in [-0.2, 0) is 15.9 Å². The minimum atomic E-state index is -0.517. The summed E-state index contributed by atoms with van der Waals surface area (Å²) in [5, 5.41) is 0.429. The highest BCUT2D eigenvalue weighted by Crippen LogP contribution is 2.28. The first kappa shape index (κ1) is 15.2. The van der Waals surface area contributed by atoms with Crippen molar-refractivity contribution in [3.8, 4) is 5.88 Å². The van der Waals surface area contributed by atoms with Gasteiger partial charge in [-0.05, 0) is 12.0 Å². The molecule has 1 aromatic heterocycles. The Morgan fingerprint density at radius 2 is 2.00 bits per heavy atom. The molecule has 0 spiro atoms. The smallest absolute Gasteiger partial charge is 0.238 e. The number of hydrogen-bond acceptors (Lipinski definition) is 5. The van der Waals surface area contributed by atoms with Crippen molar-refractivity contribution in [2.45, 2.75) is 25.7 Å². The van der Waals surface area contributed by atoms with Crippen LogP contribution in [-0.4, -0.2) is 29.5 Å². The summed E-state index contributed by atoms with van der Waals surface area (Å²) in [6.45, 7) is 2.72. The zero-order valence-electron chi connectivity index (χ0n) is 12.2. The number of benzene rings is 1. The standard InChI is InChI=1S/C16H17ClN2O3/c1-2-12-15(17)16(19-10-18-12)22-14-9-20-13(8-21-14)11-6-4-3-5-7-11/h3-7,10,13-14H,2,8-9H2,1H3. The van der Waals surface area contributed by atoms with Crippen LogP contribution in [0.4, 0.5) is 0 Å². The van der Waals surface area contributed by atoms with E-state index in [1.165, 1.54) is 6.33 Å². The lowest BCUT2D eigenvalue weighted by molar-refractivity contribution is -0.203. The highest BCUT2D eigenvalue weighted by Gasteiger charge is 2.26. The molecule has 0 radical (unpaired) electrons. The second-order valence-electron chi connectivity index (χ2n) is 4.91. The second-order valence-corrected chi connectivity index (χ2v) is 5.28. The lowest BCUT2D eigenvalue weighted by atomic mass is 10.1. The van der Waals surface area contributed by atoms with E-state index in [9.17, 15) is 0 Å². The first-order valence-corrected chi connectivity index (χ1v) is 7.60. The van der Waals surface area contributed by atoms with E-state index in [4.69, 9.17) is 25.8 Å². The van der Waals surface area contributed by atoms with Gasteiger partial charge >= 0.3 is 0 Å². The maximum Gasteiger partial charge on any atom is 0.238 e. The van der Waals surface area contributed by atoms with E-state index in [1.54, 1.807) is 0 Å². The molecule has 0 amide bonds. The summed E-state index contributed by atoms with van der Waals surface area (Å²) >= 11 is 6.21. The SMILES string of the molecule is CCc1ncnc(OC2COC(c3ccccc3)CO2)c1Cl. The van der Waals surface area contributed by atoms with Crippen molar-refractivity contribution >= 4 is 11.6 Å². The molecule has 0 aliphatic carbocycles. The zero-order valence-corrected chi connectivity index (χ0v) is 13.0. The predicted octanol–water partition coefficient (Wildman–Crippen LogP) is 3.19. The Hall–Kier alpha value is -1.69. The molecule has 5 nitrogen and oxygen atoms in total. The Morgan fingerprint density at radius 3 is 2.68 bits per heavy atom. The van der Waals surface area contributed by atoms with Crippen LogP contribution in [0.1, 0.15) is 24.3 Å². The van der Waals surface area contributed by atoms with Gasteiger partial charge in [0.15, 0.2) is 0 Å². The number of halogens is 1. The number of rotatable bonds is 4. The quantitative estimate of drug-likeness (QED) is 0.866. The highest BCUT2D eigenvalue weighted by atomic mass is 35.5. The van der Waals surface area contributed by atoms with Gasteiger partial charge in [0.1, 0.15) is 24.1 Å². The van der Waals surface area contributed by atoms with E-state index in [0.29, 0.717) is 24.1 Å². The van der Waals surface area contributed by atoms with Gasteiger partial charge in [0.25, 0.3) is 0 Å². The summed E-state index contributed by atoms with van der Waals surface area (Å²) in [5.41, 5.74) is 1.85. The molecule has 0 bridgehead atoms. The fourth-order valence-corrected chi connectivity index (χ4v) is 2.53. The first-order valence-electron chi connectivity index (χ1n) is 7.22. The molecule has 2 unspecified atom stereocenters. The normalized spacial score (nSPS) is 21.5. The van der Waals surface area contributed by atoms with Gasteiger partial charge in [0.05, 0.1) is 12.3 Å². The molecule has 2 atom stereocenters. The van der Waals surface area contributed by atoms with Gasteiger partial charge in [-0.25, -0.2) is 9.97 Å². The molecule has 2 aromatic rings. The molecule has 1 fully saturated rings. The molecule has 1 aromatic carbocycles. The number of ether oxygens (including phenoxy) is 3. The van der Waals surface area contributed by atoms with Crippen molar-refractivity contribution in [1.82, 2.24) is 9.97 Å². The van der Waals surface area contributed by atoms with E-state index in [-0.39, 0.29) is 6.10 Å². The summed E-state index contributed by atoms with van der Waals surface area (Å²) in [7, 11) is 0. The molecule has 3 rings (SSSR count). The van der Waals surface area contributed by atoms with Gasteiger partial charge in [-0.2, -0.15) is 0 Å². The lowest BCUT2D eigenvalue weighted by Gasteiger charge is -2.29. The van der Waals surface area contributed by atoms with E-state index >= 15 is 0 Å². The number of hydrogen-bond donors (Lipinski definition) is 0. The Kier molecular flexibility index (Phi) is 4.87. The van der Waals surface area contributed by atoms with Gasteiger partial charge in [0, 0.05) is 0 Å². The summed E-state index contributed by atoms with van der Waals surface area (Å²) < 4.78 is 17.2. The zero-order chi connectivity index (χ0) is 15.4. The molecule has 6 heteroatoms. The lowest BCUT2D eigenvalue weighted by Crippen LogP contribution is -2.35. The Balaban J connectivity index is 1.61. The topological polar surface area (TPSA) is 53.5 Å². The van der Waals surface area contributed by atoms with Crippen LogP contribution in [0.5, 0.6) is 5.88 Å². The monoisotopic (exact) mass is 320 g/mol. The van der Waals surface area contributed by atoms with E-state index in [0.717, 1.165) is 17.7 Å². The van der Waals surface area contributed by atoms with Crippen molar-refractivity contribution in [2.75, 3.05) is 13.2 Å². The van der Waals surface area contributed by atoms with Crippen LogP contribution >= 0.6 is 11.6 Å². The van der Waals surface area contributed by atoms with Crippen LogP contribution in [0.25, 0.3) is 0 Å². The van der Waals surface area contributed by atoms with Gasteiger partial charge in [-0.1, -0.05) is 48.9 Å². The molecular weight excluding hydrogens is 304 g/mol. The van der Waals surface area contributed by atoms with Crippen LogP contribution in [0.2, 0.25) is 5.02 Å². The maximum absolute atomic E-state index is 6.21. The third kappa shape index (κ3) is 3.38. The number of aryl methyl sites for hydroxylation is 1. The average Bonchev–Trinajstić information content (AvgIpc) is 2.58. The van der Waals surface area contributed by atoms with Crippen LogP contribution in [0, 0.1) is 0 Å². The molecule has 116 valence electrons. The van der Waals surface area contributed by atoms with E-state index in [1.807, 2.05) is 37.3 Å². The molecular formula is C16H17ClN2O3. The molecule has 0 saturated carbocycles. The van der Waals surface area contributed by atoms with E-state index in [2.05, 4.69) is 9.97 Å². The van der Waals surface area contributed by atoms with Crippen molar-refractivity contribution in [3.05, 3.63) is 52.9 Å². The van der Waals surface area contributed by atoms with Gasteiger partial charge in [-0.3, -0.25) is 0 Å². The van der Waals surface area contributed by atoms with E-state index < -0.39 is 6.29 Å². The number of aromatic nitrogens is 2. The summed E-state index contributed by atoms with van der Waals surface area (Å²) in [6.07, 6.45) is 1.57. The van der Waals surface area contributed by atoms with Gasteiger partial charge in [0.2, 0.25) is 12.2 Å². The fourth-order valence-electron chi connectivity index (χ4n) is 2.25. The van der Waals surface area contributed by atoms with Crippen LogP contribution in [0.3, 0.4) is 0 Å². The van der Waals surface area contributed by atoms with Crippen molar-refractivity contribution in [1.29, 1.82) is 0 Å². The largest absolute Gasteiger partial charge is 0.444 e. The fraction of sp³-hybridized carbons (Fsp3) is 0.375. The Bertz CT molecular complexity index is 616. The molecule has 1 aliphatic heterocycles. The Labute approximate surface area is 134 Å². The summed E-state index contributed by atoms with van der Waals surface area (Å²) in [4.78, 5) is 8.16. The third-order valence-electron chi connectivity index (χ3n) is 3.45. The average molecular weight is 321 g/mol. The Morgan fingerprint density at radius 1 is 1.18 bits per heavy atom. The van der Waals surface area contributed by atoms with Gasteiger partial charge in [-0.15, -0.1) is 0 Å². The van der Waals surface area contributed by atoms with Crippen molar-refractivity contribution < 1.29 is 14.2 Å². The summed E-state index contributed by atoms with van der Waals surface area (Å²) in [5.74, 6) is 0.334. The van der Waals surface area contributed by atoms with Crippen LogP contribution in [0.15, 0.2) is 36.7 Å². The minimum Gasteiger partial charge on any atom is -0.444 e. The highest BCUT2D eigenvalue weighted by molar-refractivity contribution is 6.32. The third-order valence-corrected chi connectivity index (χ3v) is 3.83. The number of nitrogens with zero attached hydrogens (tertiary/aromatic N) is 2. The second kappa shape index (κ2) is 7.05. The molecule has 1 aliphatic rings. The van der Waals surface area contributed by atoms with Crippen LogP contribution < -0.4 is 4.74 Å². The predicted molar refractivity (Wildman–Crippen MR) is 81.9 cm³/mol. The first-order chi connectivity index (χ1) is 10.8. The molecule has 22 heavy (non-hydrogen) atoms. The molecule has 0 N–H and O–H groups in total.